The Hall–Kier alpha value is -1.37. The number of nitrogens with one attached hydrogen (secondary N) is 1. The number of fused-ring (bicyclic) bond motifs is 1. The smallest absolute Gasteiger partial charge is 0.190 e. The van der Waals surface area contributed by atoms with Gasteiger partial charge >= 0.3 is 0 Å². The number of aromatic nitrogens is 2. The Labute approximate surface area is 141 Å². The summed E-state index contributed by atoms with van der Waals surface area (Å²) in [5, 5.41) is 5.45. The van der Waals surface area contributed by atoms with Crippen LogP contribution in [0.1, 0.15) is 13.3 Å². The van der Waals surface area contributed by atoms with Gasteiger partial charge in [0.05, 0.1) is 18.7 Å². The molecule has 124 valence electrons. The molecule has 0 bridgehead atoms. The van der Waals surface area contributed by atoms with Crippen molar-refractivity contribution in [1.29, 1.82) is 0 Å². The Kier molecular flexibility index (Phi) is 6.07. The summed E-state index contributed by atoms with van der Waals surface area (Å²) in [5.41, 5.74) is 1.01. The third-order valence-electron chi connectivity index (χ3n) is 3.90. The van der Waals surface area contributed by atoms with Crippen molar-refractivity contribution in [3.63, 3.8) is 0 Å². The van der Waals surface area contributed by atoms with Gasteiger partial charge in [0.25, 0.3) is 0 Å². The first kappa shape index (κ1) is 16.5. The van der Waals surface area contributed by atoms with E-state index in [1.807, 2.05) is 12.1 Å². The summed E-state index contributed by atoms with van der Waals surface area (Å²) >= 11 is 1.68. The summed E-state index contributed by atoms with van der Waals surface area (Å²) < 4.78 is 5.38. The van der Waals surface area contributed by atoms with E-state index in [9.17, 15) is 0 Å². The van der Waals surface area contributed by atoms with Crippen molar-refractivity contribution in [2.24, 2.45) is 0 Å². The average molecular weight is 332 g/mol. The Morgan fingerprint density at radius 3 is 2.87 bits per heavy atom. The summed E-state index contributed by atoms with van der Waals surface area (Å²) in [5.74, 6) is 1.93. The van der Waals surface area contributed by atoms with Crippen molar-refractivity contribution in [1.82, 2.24) is 14.9 Å². The third-order valence-corrected chi connectivity index (χ3v) is 4.63. The van der Waals surface area contributed by atoms with Crippen LogP contribution in [0.5, 0.6) is 0 Å². The molecule has 2 aromatic rings. The minimum atomic E-state index is 0.849. The van der Waals surface area contributed by atoms with Crippen molar-refractivity contribution in [3.8, 4) is 0 Å². The summed E-state index contributed by atoms with van der Waals surface area (Å²) in [7, 11) is 0. The van der Waals surface area contributed by atoms with E-state index in [0.717, 1.165) is 73.4 Å². The first-order valence-electron chi connectivity index (χ1n) is 8.30. The Morgan fingerprint density at radius 2 is 2.04 bits per heavy atom. The lowest BCUT2D eigenvalue weighted by Gasteiger charge is -2.26. The summed E-state index contributed by atoms with van der Waals surface area (Å²) in [6.07, 6.45) is 1.11. The van der Waals surface area contributed by atoms with E-state index in [-0.39, 0.29) is 0 Å². The number of hydrogen-bond donors (Lipinski definition) is 1. The zero-order valence-corrected chi connectivity index (χ0v) is 14.4. The van der Waals surface area contributed by atoms with Crippen LogP contribution < -0.4 is 5.32 Å². The van der Waals surface area contributed by atoms with Crippen LogP contribution in [0.25, 0.3) is 10.9 Å². The van der Waals surface area contributed by atoms with Gasteiger partial charge in [0.2, 0.25) is 0 Å². The molecule has 0 saturated carbocycles. The van der Waals surface area contributed by atoms with Gasteiger partial charge in [-0.3, -0.25) is 4.90 Å². The van der Waals surface area contributed by atoms with E-state index in [0.29, 0.717) is 0 Å². The SMILES string of the molecule is CCSc1nc(NCCCN2CCOCC2)c2ccccc2n1. The molecule has 1 saturated heterocycles. The lowest BCUT2D eigenvalue weighted by molar-refractivity contribution is 0.0378. The highest BCUT2D eigenvalue weighted by Crippen LogP contribution is 2.24. The number of morpholine rings is 1. The molecule has 0 radical (unpaired) electrons. The van der Waals surface area contributed by atoms with Gasteiger partial charge in [-0.05, 0) is 30.9 Å². The van der Waals surface area contributed by atoms with Crippen LogP contribution in [0.2, 0.25) is 0 Å². The lowest BCUT2D eigenvalue weighted by Crippen LogP contribution is -2.37. The van der Waals surface area contributed by atoms with E-state index >= 15 is 0 Å². The monoisotopic (exact) mass is 332 g/mol. The molecule has 0 atom stereocenters. The second-order valence-corrected chi connectivity index (χ2v) is 6.77. The van der Waals surface area contributed by atoms with Gasteiger partial charge < -0.3 is 10.1 Å². The molecule has 6 heteroatoms. The number of benzene rings is 1. The molecule has 0 spiro atoms. The maximum atomic E-state index is 5.38. The number of hydrogen-bond acceptors (Lipinski definition) is 6. The normalized spacial score (nSPS) is 15.9. The number of thioether (sulfide) groups is 1. The molecular formula is C17H24N4OS. The van der Waals surface area contributed by atoms with Crippen molar-refractivity contribution in [3.05, 3.63) is 24.3 Å². The van der Waals surface area contributed by atoms with Crippen molar-refractivity contribution >= 4 is 28.5 Å². The number of ether oxygens (including phenoxy) is 1. The van der Waals surface area contributed by atoms with E-state index in [1.165, 1.54) is 0 Å². The number of nitrogens with zero attached hydrogens (tertiary/aromatic N) is 3. The maximum absolute atomic E-state index is 5.38. The predicted molar refractivity (Wildman–Crippen MR) is 96.3 cm³/mol. The van der Waals surface area contributed by atoms with Gasteiger partial charge in [-0.25, -0.2) is 9.97 Å². The van der Waals surface area contributed by atoms with Crippen LogP contribution in [-0.4, -0.2) is 60.0 Å². The molecule has 0 aliphatic carbocycles. The first-order chi connectivity index (χ1) is 11.4. The summed E-state index contributed by atoms with van der Waals surface area (Å²) in [6.45, 7) is 7.98. The van der Waals surface area contributed by atoms with E-state index in [2.05, 4.69) is 39.2 Å². The molecular weight excluding hydrogens is 308 g/mol. The Bertz CT molecular complexity index is 631. The topological polar surface area (TPSA) is 50.3 Å². The van der Waals surface area contributed by atoms with Crippen LogP contribution in [0, 0.1) is 0 Å². The molecule has 1 aliphatic heterocycles. The molecule has 0 unspecified atom stereocenters. The molecule has 1 aliphatic rings. The Balaban J connectivity index is 1.61. The van der Waals surface area contributed by atoms with Gasteiger partial charge in [-0.2, -0.15) is 0 Å². The molecule has 1 aromatic carbocycles. The lowest BCUT2D eigenvalue weighted by atomic mass is 10.2. The van der Waals surface area contributed by atoms with Crippen LogP contribution in [0.3, 0.4) is 0 Å². The fourth-order valence-corrected chi connectivity index (χ4v) is 3.29. The van der Waals surface area contributed by atoms with Crippen molar-refractivity contribution < 1.29 is 4.74 Å². The maximum Gasteiger partial charge on any atom is 0.190 e. The molecule has 3 rings (SSSR count). The number of rotatable bonds is 7. The van der Waals surface area contributed by atoms with Crippen molar-refractivity contribution in [2.75, 3.05) is 50.5 Å². The van der Waals surface area contributed by atoms with Gasteiger partial charge in [-0.15, -0.1) is 0 Å². The van der Waals surface area contributed by atoms with E-state index in [1.54, 1.807) is 11.8 Å². The number of para-hydroxylation sites is 1. The minimum absolute atomic E-state index is 0.849. The first-order valence-corrected chi connectivity index (χ1v) is 9.29. The summed E-state index contributed by atoms with van der Waals surface area (Å²) in [4.78, 5) is 11.8. The fraction of sp³-hybridized carbons (Fsp3) is 0.529. The minimum Gasteiger partial charge on any atom is -0.379 e. The Morgan fingerprint density at radius 1 is 1.22 bits per heavy atom. The van der Waals surface area contributed by atoms with Crippen LogP contribution in [-0.2, 0) is 4.74 Å². The molecule has 23 heavy (non-hydrogen) atoms. The molecule has 1 aromatic heterocycles. The second-order valence-electron chi connectivity index (χ2n) is 5.54. The van der Waals surface area contributed by atoms with Crippen LogP contribution in [0.15, 0.2) is 29.4 Å². The standard InChI is InChI=1S/C17H24N4OS/c1-2-23-17-19-15-7-4-3-6-14(15)16(20-17)18-8-5-9-21-10-12-22-13-11-21/h3-4,6-7H,2,5,8-13H2,1H3,(H,18,19,20). The van der Waals surface area contributed by atoms with Gasteiger partial charge in [0, 0.05) is 25.0 Å². The van der Waals surface area contributed by atoms with Gasteiger partial charge in [0.15, 0.2) is 5.16 Å². The highest BCUT2D eigenvalue weighted by atomic mass is 32.2. The molecule has 2 heterocycles. The molecule has 1 fully saturated rings. The van der Waals surface area contributed by atoms with E-state index in [4.69, 9.17) is 4.74 Å². The summed E-state index contributed by atoms with van der Waals surface area (Å²) in [6, 6.07) is 8.20. The highest BCUT2D eigenvalue weighted by molar-refractivity contribution is 7.99. The van der Waals surface area contributed by atoms with E-state index < -0.39 is 0 Å². The fourth-order valence-electron chi connectivity index (χ4n) is 2.72. The number of anilines is 1. The van der Waals surface area contributed by atoms with Gasteiger partial charge in [0.1, 0.15) is 5.82 Å². The quantitative estimate of drug-likeness (QED) is 0.478. The zero-order valence-electron chi connectivity index (χ0n) is 13.6. The zero-order chi connectivity index (χ0) is 15.9. The largest absolute Gasteiger partial charge is 0.379 e. The average Bonchev–Trinajstić information content (AvgIpc) is 2.60. The van der Waals surface area contributed by atoms with Crippen LogP contribution >= 0.6 is 11.8 Å². The molecule has 5 nitrogen and oxygen atoms in total. The van der Waals surface area contributed by atoms with Crippen LogP contribution in [0.4, 0.5) is 5.82 Å². The van der Waals surface area contributed by atoms with Gasteiger partial charge in [-0.1, -0.05) is 30.8 Å². The molecule has 1 N–H and O–H groups in total. The van der Waals surface area contributed by atoms with Crippen molar-refractivity contribution in [2.45, 2.75) is 18.5 Å². The third kappa shape index (κ3) is 4.56. The second kappa shape index (κ2) is 8.47. The predicted octanol–water partition coefficient (Wildman–Crippen LogP) is 2.88. The molecule has 0 amide bonds. The highest BCUT2D eigenvalue weighted by Gasteiger charge is 2.10.